The number of benzene rings is 1. The van der Waals surface area contributed by atoms with Crippen molar-refractivity contribution in [3.63, 3.8) is 0 Å². The van der Waals surface area contributed by atoms with Crippen molar-refractivity contribution in [2.24, 2.45) is 0 Å². The summed E-state index contributed by atoms with van der Waals surface area (Å²) in [5.74, 6) is -0.240. The number of alkyl halides is 3. The molecule has 2 aromatic rings. The Labute approximate surface area is 119 Å². The van der Waals surface area contributed by atoms with E-state index in [2.05, 4.69) is 4.98 Å². The van der Waals surface area contributed by atoms with Gasteiger partial charge < -0.3 is 9.88 Å². The number of fused-ring (bicyclic) bond motifs is 1. The minimum Gasteiger partial charge on any atom is -0.365 e. The van der Waals surface area contributed by atoms with E-state index in [4.69, 9.17) is 0 Å². The Morgan fingerprint density at radius 1 is 1.14 bits per heavy atom. The molecule has 6 heteroatoms. The van der Waals surface area contributed by atoms with E-state index in [0.717, 1.165) is 29.8 Å². The SMILES string of the molecule is O=C(c1ccc(C(F)(F)F)cc1)N1CCc2[nH]ccc2C1. The molecule has 0 unspecified atom stereocenters. The highest BCUT2D eigenvalue weighted by Crippen LogP contribution is 2.29. The lowest BCUT2D eigenvalue weighted by molar-refractivity contribution is -0.137. The number of hydrogen-bond acceptors (Lipinski definition) is 1. The number of H-pyrrole nitrogens is 1. The molecule has 3 nitrogen and oxygen atoms in total. The van der Waals surface area contributed by atoms with Gasteiger partial charge in [0.25, 0.3) is 5.91 Å². The molecule has 1 N–H and O–H groups in total. The second kappa shape index (κ2) is 4.95. The molecule has 0 bridgehead atoms. The second-order valence-electron chi connectivity index (χ2n) is 5.03. The van der Waals surface area contributed by atoms with Crippen LogP contribution >= 0.6 is 0 Å². The monoisotopic (exact) mass is 294 g/mol. The van der Waals surface area contributed by atoms with Crippen LogP contribution in [0.2, 0.25) is 0 Å². The van der Waals surface area contributed by atoms with Gasteiger partial charge in [0, 0.05) is 37.0 Å². The van der Waals surface area contributed by atoms with E-state index in [1.165, 1.54) is 12.1 Å². The molecule has 0 radical (unpaired) electrons. The third kappa shape index (κ3) is 2.66. The predicted octanol–water partition coefficient (Wildman–Crippen LogP) is 3.23. The highest BCUT2D eigenvalue weighted by atomic mass is 19.4. The Morgan fingerprint density at radius 3 is 2.52 bits per heavy atom. The lowest BCUT2D eigenvalue weighted by atomic mass is 10.1. The number of carbonyl (C=O) groups is 1. The first-order valence-corrected chi connectivity index (χ1v) is 6.57. The van der Waals surface area contributed by atoms with Crippen LogP contribution in [0, 0.1) is 0 Å². The van der Waals surface area contributed by atoms with Crippen molar-refractivity contribution >= 4 is 5.91 Å². The molecule has 110 valence electrons. The Bertz CT molecular complexity index is 658. The summed E-state index contributed by atoms with van der Waals surface area (Å²) in [5, 5.41) is 0. The lowest BCUT2D eigenvalue weighted by Crippen LogP contribution is -2.35. The normalized spacial score (nSPS) is 14.9. The van der Waals surface area contributed by atoms with Crippen molar-refractivity contribution in [2.45, 2.75) is 19.1 Å². The van der Waals surface area contributed by atoms with Gasteiger partial charge in [-0.15, -0.1) is 0 Å². The predicted molar refractivity (Wildman–Crippen MR) is 70.7 cm³/mol. The van der Waals surface area contributed by atoms with E-state index in [-0.39, 0.29) is 11.5 Å². The third-order valence-corrected chi connectivity index (χ3v) is 3.67. The standard InChI is InChI=1S/C15H13F3N2O/c16-15(17,18)12-3-1-10(2-4-12)14(21)20-8-6-13-11(9-20)5-7-19-13/h1-5,7,19H,6,8-9H2. The van der Waals surface area contributed by atoms with Gasteiger partial charge in [0.2, 0.25) is 0 Å². The molecule has 1 aliphatic rings. The minimum absolute atomic E-state index is 0.240. The summed E-state index contributed by atoms with van der Waals surface area (Å²) in [7, 11) is 0. The first-order chi connectivity index (χ1) is 9.95. The molecule has 0 saturated heterocycles. The third-order valence-electron chi connectivity index (χ3n) is 3.67. The minimum atomic E-state index is -4.38. The average molecular weight is 294 g/mol. The van der Waals surface area contributed by atoms with Crippen LogP contribution in [0.3, 0.4) is 0 Å². The van der Waals surface area contributed by atoms with Crippen LogP contribution in [0.15, 0.2) is 36.5 Å². The number of carbonyl (C=O) groups excluding carboxylic acids is 1. The fraction of sp³-hybridized carbons (Fsp3) is 0.267. The largest absolute Gasteiger partial charge is 0.416 e. The number of hydrogen-bond donors (Lipinski definition) is 1. The van der Waals surface area contributed by atoms with Crippen molar-refractivity contribution in [1.29, 1.82) is 0 Å². The molecule has 21 heavy (non-hydrogen) atoms. The maximum Gasteiger partial charge on any atom is 0.416 e. The Morgan fingerprint density at radius 2 is 1.86 bits per heavy atom. The highest BCUT2D eigenvalue weighted by molar-refractivity contribution is 5.94. The quantitative estimate of drug-likeness (QED) is 0.861. The van der Waals surface area contributed by atoms with Gasteiger partial charge in [-0.05, 0) is 35.9 Å². The van der Waals surface area contributed by atoms with Gasteiger partial charge in [-0.1, -0.05) is 0 Å². The lowest BCUT2D eigenvalue weighted by Gasteiger charge is -2.27. The van der Waals surface area contributed by atoms with Gasteiger partial charge in [-0.3, -0.25) is 4.79 Å². The molecule has 3 rings (SSSR count). The zero-order chi connectivity index (χ0) is 15.0. The number of nitrogens with one attached hydrogen (secondary N) is 1. The Kier molecular flexibility index (Phi) is 3.23. The van der Waals surface area contributed by atoms with Crippen LogP contribution in [0.4, 0.5) is 13.2 Å². The van der Waals surface area contributed by atoms with Gasteiger partial charge >= 0.3 is 6.18 Å². The summed E-state index contributed by atoms with van der Waals surface area (Å²) < 4.78 is 37.5. The number of amides is 1. The van der Waals surface area contributed by atoms with E-state index in [9.17, 15) is 18.0 Å². The van der Waals surface area contributed by atoms with Crippen molar-refractivity contribution in [2.75, 3.05) is 6.54 Å². The van der Waals surface area contributed by atoms with Gasteiger partial charge in [0.05, 0.1) is 5.56 Å². The first kappa shape index (κ1) is 13.7. The zero-order valence-electron chi connectivity index (χ0n) is 11.1. The molecule has 0 atom stereocenters. The molecule has 0 spiro atoms. The van der Waals surface area contributed by atoms with Crippen LogP contribution in [-0.2, 0) is 19.1 Å². The van der Waals surface area contributed by atoms with Gasteiger partial charge in [-0.25, -0.2) is 0 Å². The topological polar surface area (TPSA) is 36.1 Å². The first-order valence-electron chi connectivity index (χ1n) is 6.57. The molecule has 1 aromatic carbocycles. The van der Waals surface area contributed by atoms with Crippen molar-refractivity contribution in [1.82, 2.24) is 9.88 Å². The van der Waals surface area contributed by atoms with E-state index in [1.54, 1.807) is 4.90 Å². The Balaban J connectivity index is 1.77. The van der Waals surface area contributed by atoms with Crippen molar-refractivity contribution < 1.29 is 18.0 Å². The molecule has 1 amide bonds. The van der Waals surface area contributed by atoms with Crippen molar-refractivity contribution in [3.8, 4) is 0 Å². The summed E-state index contributed by atoms with van der Waals surface area (Å²) in [6, 6.07) is 6.27. The van der Waals surface area contributed by atoms with Crippen LogP contribution in [0.1, 0.15) is 27.2 Å². The summed E-state index contributed by atoms with van der Waals surface area (Å²) in [6.07, 6.45) is -1.82. The van der Waals surface area contributed by atoms with Crippen molar-refractivity contribution in [3.05, 3.63) is 58.9 Å². The zero-order valence-corrected chi connectivity index (χ0v) is 11.1. The van der Waals surface area contributed by atoms with Crippen LogP contribution in [0.5, 0.6) is 0 Å². The molecule has 2 heterocycles. The van der Waals surface area contributed by atoms with Gasteiger partial charge in [-0.2, -0.15) is 13.2 Å². The fourth-order valence-electron chi connectivity index (χ4n) is 2.51. The summed E-state index contributed by atoms with van der Waals surface area (Å²) in [5.41, 5.74) is 1.71. The summed E-state index contributed by atoms with van der Waals surface area (Å²) >= 11 is 0. The highest BCUT2D eigenvalue weighted by Gasteiger charge is 2.30. The molecule has 0 fully saturated rings. The number of nitrogens with zero attached hydrogens (tertiary/aromatic N) is 1. The molecular weight excluding hydrogens is 281 g/mol. The Hall–Kier alpha value is -2.24. The smallest absolute Gasteiger partial charge is 0.365 e. The number of aromatic nitrogens is 1. The molecule has 0 aliphatic carbocycles. The van der Waals surface area contributed by atoms with Crippen LogP contribution in [0.25, 0.3) is 0 Å². The maximum atomic E-state index is 12.5. The maximum absolute atomic E-state index is 12.5. The number of rotatable bonds is 1. The molecule has 1 aliphatic heterocycles. The summed E-state index contributed by atoms with van der Waals surface area (Å²) in [4.78, 5) is 17.1. The van der Waals surface area contributed by atoms with Gasteiger partial charge in [0.1, 0.15) is 0 Å². The molecule has 1 aromatic heterocycles. The van der Waals surface area contributed by atoms with Crippen LogP contribution in [-0.4, -0.2) is 22.3 Å². The van der Waals surface area contributed by atoms with E-state index >= 15 is 0 Å². The molecule has 0 saturated carbocycles. The molecular formula is C15H13F3N2O. The van der Waals surface area contributed by atoms with Crippen LogP contribution < -0.4 is 0 Å². The van der Waals surface area contributed by atoms with E-state index < -0.39 is 11.7 Å². The fourth-order valence-corrected chi connectivity index (χ4v) is 2.51. The summed E-state index contributed by atoms with van der Waals surface area (Å²) in [6.45, 7) is 1.05. The number of aromatic amines is 1. The average Bonchev–Trinajstić information content (AvgIpc) is 2.93. The van der Waals surface area contributed by atoms with E-state index in [1.807, 2.05) is 12.3 Å². The van der Waals surface area contributed by atoms with E-state index in [0.29, 0.717) is 13.1 Å². The second-order valence-corrected chi connectivity index (χ2v) is 5.03. The number of halogens is 3. The van der Waals surface area contributed by atoms with Gasteiger partial charge in [0.15, 0.2) is 0 Å².